The molecule has 0 bridgehead atoms. The van der Waals surface area contributed by atoms with Crippen LogP contribution in [0.25, 0.3) is 0 Å². The van der Waals surface area contributed by atoms with E-state index in [1.807, 2.05) is 0 Å². The van der Waals surface area contributed by atoms with E-state index < -0.39 is 0 Å². The lowest BCUT2D eigenvalue weighted by Crippen LogP contribution is -3.00. The third-order valence-corrected chi connectivity index (χ3v) is 3.38. The van der Waals surface area contributed by atoms with Gasteiger partial charge in [-0.25, -0.2) is 0 Å². The smallest absolute Gasteiger partial charge is 0.253 e. The molecule has 4 heteroatoms. The van der Waals surface area contributed by atoms with Gasteiger partial charge in [0.2, 0.25) is 0 Å². The molecule has 1 saturated heterocycles. The maximum Gasteiger partial charge on any atom is 0.253 e. The summed E-state index contributed by atoms with van der Waals surface area (Å²) in [6, 6.07) is 1.64. The molecule has 0 aromatic heterocycles. The summed E-state index contributed by atoms with van der Waals surface area (Å²) in [6.07, 6.45) is 4.99. The molecule has 1 heterocycles. The zero-order chi connectivity index (χ0) is 13.0. The van der Waals surface area contributed by atoms with Gasteiger partial charge in [0.1, 0.15) is 6.04 Å². The quantitative estimate of drug-likeness (QED) is 0.383. The highest BCUT2D eigenvalue weighted by atomic mass is 35.5. The Labute approximate surface area is 119 Å². The van der Waals surface area contributed by atoms with Crippen molar-refractivity contribution in [3.63, 3.8) is 0 Å². The third-order valence-electron chi connectivity index (χ3n) is 3.38. The molecule has 0 unspecified atom stereocenters. The minimum absolute atomic E-state index is 0. The lowest BCUT2D eigenvalue weighted by Gasteiger charge is -2.28. The summed E-state index contributed by atoms with van der Waals surface area (Å²) < 4.78 is 2.44. The van der Waals surface area contributed by atoms with Crippen LogP contribution in [0.1, 0.15) is 54.4 Å². The van der Waals surface area contributed by atoms with E-state index in [0.29, 0.717) is 18.1 Å². The highest BCUT2D eigenvalue weighted by Gasteiger charge is 2.27. The molecular formula is C14H30ClN3. The van der Waals surface area contributed by atoms with E-state index in [4.69, 9.17) is 0 Å². The van der Waals surface area contributed by atoms with Gasteiger partial charge in [0, 0.05) is 13.1 Å². The predicted octanol–water partition coefficient (Wildman–Crippen LogP) is -0.431. The van der Waals surface area contributed by atoms with Gasteiger partial charge in [-0.2, -0.15) is 5.01 Å². The van der Waals surface area contributed by atoms with Crippen molar-refractivity contribution >= 4 is 6.34 Å². The molecule has 0 aromatic rings. The van der Waals surface area contributed by atoms with Crippen LogP contribution in [0, 0.1) is 0 Å². The first-order chi connectivity index (χ1) is 7.93. The van der Waals surface area contributed by atoms with Crippen LogP contribution >= 0.6 is 0 Å². The molecule has 108 valence electrons. The second-order valence-corrected chi connectivity index (χ2v) is 5.88. The Bertz CT molecular complexity index is 246. The maximum atomic E-state index is 2.49. The summed E-state index contributed by atoms with van der Waals surface area (Å²) in [5, 5.41) is 4.91. The first-order valence-electron chi connectivity index (χ1n) is 7.09. The summed E-state index contributed by atoms with van der Waals surface area (Å²) in [7, 11) is 0. The van der Waals surface area contributed by atoms with Crippen molar-refractivity contribution in [2.75, 3.05) is 13.1 Å². The number of rotatable bonds is 5. The molecule has 0 aliphatic carbocycles. The minimum atomic E-state index is 0. The number of halogens is 1. The van der Waals surface area contributed by atoms with Gasteiger partial charge in [-0.15, -0.1) is 5.01 Å². The van der Waals surface area contributed by atoms with E-state index in [0.717, 1.165) is 0 Å². The van der Waals surface area contributed by atoms with Crippen molar-refractivity contribution in [3.8, 4) is 0 Å². The summed E-state index contributed by atoms with van der Waals surface area (Å²) in [6.45, 7) is 16.0. The summed E-state index contributed by atoms with van der Waals surface area (Å²) in [5.74, 6) is 0. The summed E-state index contributed by atoms with van der Waals surface area (Å²) in [5.41, 5.74) is 0. The Morgan fingerprint density at radius 1 is 0.944 bits per heavy atom. The fourth-order valence-corrected chi connectivity index (χ4v) is 2.46. The van der Waals surface area contributed by atoms with Crippen molar-refractivity contribution in [3.05, 3.63) is 0 Å². The Hall–Kier alpha value is -0.280. The molecule has 0 saturated carbocycles. The van der Waals surface area contributed by atoms with Crippen LogP contribution in [0.4, 0.5) is 0 Å². The number of hydrogen-bond donors (Lipinski definition) is 0. The Morgan fingerprint density at radius 2 is 1.39 bits per heavy atom. The van der Waals surface area contributed by atoms with E-state index >= 15 is 0 Å². The van der Waals surface area contributed by atoms with Crippen LogP contribution in [0.2, 0.25) is 0 Å². The number of hydrogen-bond acceptors (Lipinski definition) is 1. The van der Waals surface area contributed by atoms with Crippen LogP contribution in [-0.4, -0.2) is 52.1 Å². The Morgan fingerprint density at radius 3 is 1.72 bits per heavy atom. The van der Waals surface area contributed by atoms with Gasteiger partial charge in [-0.3, -0.25) is 4.58 Å². The molecule has 1 rings (SSSR count). The normalized spacial score (nSPS) is 16.3. The molecule has 0 atom stereocenters. The monoisotopic (exact) mass is 275 g/mol. The van der Waals surface area contributed by atoms with Crippen molar-refractivity contribution in [1.82, 2.24) is 10.0 Å². The highest BCUT2D eigenvalue weighted by molar-refractivity contribution is 5.48. The largest absolute Gasteiger partial charge is 1.00 e. The van der Waals surface area contributed by atoms with Gasteiger partial charge in [0.15, 0.2) is 0 Å². The molecule has 18 heavy (non-hydrogen) atoms. The fraction of sp³-hybridized carbons (Fsp3) is 0.929. The van der Waals surface area contributed by atoms with E-state index in [2.05, 4.69) is 62.5 Å². The molecule has 1 aliphatic rings. The van der Waals surface area contributed by atoms with Crippen molar-refractivity contribution in [2.45, 2.75) is 72.5 Å². The van der Waals surface area contributed by atoms with Crippen molar-refractivity contribution in [2.24, 2.45) is 0 Å². The second kappa shape index (κ2) is 8.00. The Balaban J connectivity index is 0.00000289. The average molecular weight is 276 g/mol. The molecule has 1 fully saturated rings. The van der Waals surface area contributed by atoms with Gasteiger partial charge >= 0.3 is 0 Å². The van der Waals surface area contributed by atoms with Crippen LogP contribution in [0.3, 0.4) is 0 Å². The fourth-order valence-electron chi connectivity index (χ4n) is 2.46. The molecule has 0 radical (unpaired) electrons. The zero-order valence-corrected chi connectivity index (χ0v) is 13.6. The zero-order valence-electron chi connectivity index (χ0n) is 12.9. The SMILES string of the molecule is CC(C)N(C=[N+](C(C)C)C(C)C)N1CCCC1.[Cl-]. The highest BCUT2D eigenvalue weighted by Crippen LogP contribution is 2.13. The molecule has 0 amide bonds. The molecule has 0 spiro atoms. The molecule has 0 N–H and O–H groups in total. The number of hydrazine groups is 1. The molecule has 0 aromatic carbocycles. The lowest BCUT2D eigenvalue weighted by atomic mass is 10.3. The summed E-state index contributed by atoms with van der Waals surface area (Å²) >= 11 is 0. The van der Waals surface area contributed by atoms with E-state index in [1.165, 1.54) is 25.9 Å². The van der Waals surface area contributed by atoms with Crippen molar-refractivity contribution in [1.29, 1.82) is 0 Å². The average Bonchev–Trinajstić information content (AvgIpc) is 2.69. The van der Waals surface area contributed by atoms with Gasteiger partial charge in [0.25, 0.3) is 6.34 Å². The molecule has 3 nitrogen and oxygen atoms in total. The lowest BCUT2D eigenvalue weighted by molar-refractivity contribution is -0.588. The van der Waals surface area contributed by atoms with Crippen LogP contribution < -0.4 is 12.4 Å². The van der Waals surface area contributed by atoms with Gasteiger partial charge in [-0.05, 0) is 54.4 Å². The number of nitrogens with zero attached hydrogens (tertiary/aromatic N) is 3. The van der Waals surface area contributed by atoms with Crippen molar-refractivity contribution < 1.29 is 17.0 Å². The van der Waals surface area contributed by atoms with E-state index in [1.54, 1.807) is 0 Å². The second-order valence-electron chi connectivity index (χ2n) is 5.88. The topological polar surface area (TPSA) is 9.49 Å². The first-order valence-corrected chi connectivity index (χ1v) is 7.09. The maximum absolute atomic E-state index is 2.49. The van der Waals surface area contributed by atoms with Gasteiger partial charge in [-0.1, -0.05) is 0 Å². The standard InChI is InChI=1S/C14H30N3.ClH/c1-12(2)16(13(3)4)11-17(14(5)6)15-9-7-8-10-15;/h11-14H,7-10H2,1-6H3;1H/q+1;/p-1. The summed E-state index contributed by atoms with van der Waals surface area (Å²) in [4.78, 5) is 0. The van der Waals surface area contributed by atoms with Crippen LogP contribution in [-0.2, 0) is 0 Å². The van der Waals surface area contributed by atoms with Crippen LogP contribution in [0.15, 0.2) is 0 Å². The van der Waals surface area contributed by atoms with E-state index in [-0.39, 0.29) is 12.4 Å². The van der Waals surface area contributed by atoms with Gasteiger partial charge < -0.3 is 12.4 Å². The molecule has 1 aliphatic heterocycles. The van der Waals surface area contributed by atoms with E-state index in [9.17, 15) is 0 Å². The van der Waals surface area contributed by atoms with Gasteiger partial charge in [0.05, 0.1) is 12.1 Å². The third kappa shape index (κ3) is 4.77. The predicted molar refractivity (Wildman–Crippen MR) is 74.4 cm³/mol. The minimum Gasteiger partial charge on any atom is -1.00 e. The first kappa shape index (κ1) is 17.7. The molecular weight excluding hydrogens is 246 g/mol. The Kier molecular flexibility index (Phi) is 7.88. The van der Waals surface area contributed by atoms with Crippen LogP contribution in [0.5, 0.6) is 0 Å².